The Morgan fingerprint density at radius 1 is 1.04 bits per heavy atom. The van der Waals surface area contributed by atoms with Crippen molar-refractivity contribution in [3.63, 3.8) is 0 Å². The molecule has 6 nitrogen and oxygen atoms in total. The number of halogens is 1. The van der Waals surface area contributed by atoms with Gasteiger partial charge >= 0.3 is 0 Å². The highest BCUT2D eigenvalue weighted by atomic mass is 35.5. The molecule has 2 N–H and O–H groups in total. The second-order valence-electron chi connectivity index (χ2n) is 6.39. The molecule has 1 aromatic rings. The SMILES string of the molecule is CCCNCCNC(=O)Cc1ccc(S(=O)(=O)N2CCCCC2)cc1.Cl. The quantitative estimate of drug-likeness (QED) is 0.617. The molecule has 0 aromatic heterocycles. The molecule has 2 rings (SSSR count). The van der Waals surface area contributed by atoms with Crippen LogP contribution in [0.2, 0.25) is 0 Å². The zero-order valence-electron chi connectivity index (χ0n) is 15.4. The third kappa shape index (κ3) is 6.87. The van der Waals surface area contributed by atoms with E-state index in [1.54, 1.807) is 28.6 Å². The van der Waals surface area contributed by atoms with Crippen molar-refractivity contribution in [2.45, 2.75) is 43.9 Å². The summed E-state index contributed by atoms with van der Waals surface area (Å²) in [6.07, 6.45) is 4.27. The van der Waals surface area contributed by atoms with Crippen molar-refractivity contribution < 1.29 is 13.2 Å². The molecule has 1 heterocycles. The van der Waals surface area contributed by atoms with E-state index in [1.165, 1.54) is 0 Å². The molecule has 1 amide bonds. The third-order valence-corrected chi connectivity index (χ3v) is 6.20. The first-order valence-electron chi connectivity index (χ1n) is 9.10. The molecular weight excluding hydrogens is 374 g/mol. The molecule has 0 atom stereocenters. The van der Waals surface area contributed by atoms with Gasteiger partial charge in [-0.1, -0.05) is 25.5 Å². The predicted molar refractivity (Wildman–Crippen MR) is 106 cm³/mol. The summed E-state index contributed by atoms with van der Waals surface area (Å²) in [5.74, 6) is -0.0510. The van der Waals surface area contributed by atoms with Gasteiger partial charge in [0.15, 0.2) is 0 Å². The Morgan fingerprint density at radius 2 is 1.69 bits per heavy atom. The molecule has 0 saturated carbocycles. The monoisotopic (exact) mass is 403 g/mol. The first-order chi connectivity index (χ1) is 12.0. The molecule has 1 fully saturated rings. The molecule has 1 aliphatic heterocycles. The standard InChI is InChI=1S/C18H29N3O3S.ClH/c1-2-10-19-11-12-20-18(22)15-16-6-8-17(9-7-16)25(23,24)21-13-4-3-5-14-21;/h6-9,19H,2-5,10-15H2,1H3,(H,20,22);1H. The van der Waals surface area contributed by atoms with E-state index >= 15 is 0 Å². The average Bonchev–Trinajstić information content (AvgIpc) is 2.63. The van der Waals surface area contributed by atoms with Crippen molar-refractivity contribution in [2.24, 2.45) is 0 Å². The van der Waals surface area contributed by atoms with E-state index in [2.05, 4.69) is 17.6 Å². The molecule has 0 unspecified atom stereocenters. The Bertz CT molecular complexity index is 644. The zero-order chi connectivity index (χ0) is 18.1. The first kappa shape index (κ1) is 22.9. The van der Waals surface area contributed by atoms with Gasteiger partial charge < -0.3 is 10.6 Å². The number of carbonyl (C=O) groups is 1. The Kier molecular flexibility index (Phi) is 10.2. The molecule has 0 bridgehead atoms. The summed E-state index contributed by atoms with van der Waals surface area (Å²) in [6.45, 7) is 5.59. The average molecular weight is 404 g/mol. The Hall–Kier alpha value is -1.15. The molecule has 1 saturated heterocycles. The fourth-order valence-corrected chi connectivity index (χ4v) is 4.39. The molecule has 0 spiro atoms. The van der Waals surface area contributed by atoms with Gasteiger partial charge in [0, 0.05) is 26.2 Å². The van der Waals surface area contributed by atoms with Crippen LogP contribution in [0.15, 0.2) is 29.2 Å². The molecule has 0 radical (unpaired) electrons. The van der Waals surface area contributed by atoms with E-state index in [-0.39, 0.29) is 24.7 Å². The fraction of sp³-hybridized carbons (Fsp3) is 0.611. The number of piperidine rings is 1. The van der Waals surface area contributed by atoms with Crippen LogP contribution in [-0.4, -0.2) is 51.4 Å². The number of nitrogens with one attached hydrogen (secondary N) is 2. The second kappa shape index (κ2) is 11.5. The first-order valence-corrected chi connectivity index (χ1v) is 10.5. The molecule has 8 heteroatoms. The minimum Gasteiger partial charge on any atom is -0.355 e. The Morgan fingerprint density at radius 3 is 2.31 bits per heavy atom. The molecule has 1 aliphatic rings. The largest absolute Gasteiger partial charge is 0.355 e. The molecule has 1 aromatic carbocycles. The van der Waals surface area contributed by atoms with E-state index in [4.69, 9.17) is 0 Å². The van der Waals surface area contributed by atoms with Crippen molar-refractivity contribution in [1.29, 1.82) is 0 Å². The van der Waals surface area contributed by atoms with E-state index < -0.39 is 10.0 Å². The van der Waals surface area contributed by atoms with Crippen LogP contribution in [0, 0.1) is 0 Å². The lowest BCUT2D eigenvalue weighted by Gasteiger charge is -2.25. The van der Waals surface area contributed by atoms with Gasteiger partial charge in [0.25, 0.3) is 0 Å². The van der Waals surface area contributed by atoms with Crippen LogP contribution in [-0.2, 0) is 21.2 Å². The molecule has 26 heavy (non-hydrogen) atoms. The highest BCUT2D eigenvalue weighted by Crippen LogP contribution is 2.20. The number of carbonyl (C=O) groups excluding carboxylic acids is 1. The van der Waals surface area contributed by atoms with Gasteiger partial charge in [-0.2, -0.15) is 4.31 Å². The van der Waals surface area contributed by atoms with Gasteiger partial charge in [0.05, 0.1) is 11.3 Å². The fourth-order valence-electron chi connectivity index (χ4n) is 2.87. The minimum atomic E-state index is -3.41. The smallest absolute Gasteiger partial charge is 0.243 e. The Labute approximate surface area is 163 Å². The van der Waals surface area contributed by atoms with Crippen molar-refractivity contribution in [3.05, 3.63) is 29.8 Å². The number of nitrogens with zero attached hydrogens (tertiary/aromatic N) is 1. The van der Waals surface area contributed by atoms with Gasteiger partial charge in [-0.25, -0.2) is 8.42 Å². The summed E-state index contributed by atoms with van der Waals surface area (Å²) in [7, 11) is -3.41. The lowest BCUT2D eigenvalue weighted by Crippen LogP contribution is -2.35. The summed E-state index contributed by atoms with van der Waals surface area (Å²) in [5, 5.41) is 6.08. The normalized spacial score (nSPS) is 15.3. The highest BCUT2D eigenvalue weighted by molar-refractivity contribution is 7.89. The van der Waals surface area contributed by atoms with Crippen LogP contribution in [0.1, 0.15) is 38.2 Å². The van der Waals surface area contributed by atoms with E-state index in [1.807, 2.05) is 0 Å². The van der Waals surface area contributed by atoms with Crippen LogP contribution >= 0.6 is 12.4 Å². The Balaban J connectivity index is 0.00000338. The van der Waals surface area contributed by atoms with Crippen molar-refractivity contribution in [1.82, 2.24) is 14.9 Å². The van der Waals surface area contributed by atoms with E-state index in [9.17, 15) is 13.2 Å². The lowest BCUT2D eigenvalue weighted by atomic mass is 10.1. The van der Waals surface area contributed by atoms with Crippen LogP contribution in [0.5, 0.6) is 0 Å². The number of rotatable bonds is 9. The summed E-state index contributed by atoms with van der Waals surface area (Å²) in [6, 6.07) is 6.67. The van der Waals surface area contributed by atoms with Crippen LogP contribution in [0.25, 0.3) is 0 Å². The third-order valence-electron chi connectivity index (χ3n) is 4.29. The van der Waals surface area contributed by atoms with Gasteiger partial charge in [-0.3, -0.25) is 4.79 Å². The minimum absolute atomic E-state index is 0. The van der Waals surface area contributed by atoms with Crippen LogP contribution in [0.4, 0.5) is 0 Å². The highest BCUT2D eigenvalue weighted by Gasteiger charge is 2.25. The zero-order valence-corrected chi connectivity index (χ0v) is 17.0. The topological polar surface area (TPSA) is 78.5 Å². The molecule has 0 aliphatic carbocycles. The van der Waals surface area contributed by atoms with Gasteiger partial charge in [-0.05, 0) is 43.5 Å². The van der Waals surface area contributed by atoms with Crippen LogP contribution < -0.4 is 10.6 Å². The maximum absolute atomic E-state index is 12.6. The maximum atomic E-state index is 12.6. The lowest BCUT2D eigenvalue weighted by molar-refractivity contribution is -0.120. The van der Waals surface area contributed by atoms with Crippen molar-refractivity contribution in [3.8, 4) is 0 Å². The van der Waals surface area contributed by atoms with E-state index in [0.717, 1.165) is 44.3 Å². The number of benzene rings is 1. The predicted octanol–water partition coefficient (Wildman–Crippen LogP) is 1.94. The summed E-state index contributed by atoms with van der Waals surface area (Å²) in [5.41, 5.74) is 0.816. The van der Waals surface area contributed by atoms with Crippen molar-refractivity contribution in [2.75, 3.05) is 32.7 Å². The van der Waals surface area contributed by atoms with E-state index in [0.29, 0.717) is 24.5 Å². The maximum Gasteiger partial charge on any atom is 0.243 e. The number of sulfonamides is 1. The summed E-state index contributed by atoms with van der Waals surface area (Å²) in [4.78, 5) is 12.2. The second-order valence-corrected chi connectivity index (χ2v) is 8.32. The summed E-state index contributed by atoms with van der Waals surface area (Å²) < 4.78 is 26.7. The number of hydrogen-bond donors (Lipinski definition) is 2. The van der Waals surface area contributed by atoms with Crippen molar-refractivity contribution >= 4 is 28.3 Å². The number of amides is 1. The van der Waals surface area contributed by atoms with Crippen LogP contribution in [0.3, 0.4) is 0 Å². The molecular formula is C18H30ClN3O3S. The summed E-state index contributed by atoms with van der Waals surface area (Å²) >= 11 is 0. The number of hydrogen-bond acceptors (Lipinski definition) is 4. The van der Waals surface area contributed by atoms with Gasteiger partial charge in [-0.15, -0.1) is 12.4 Å². The molecule has 148 valence electrons. The van der Waals surface area contributed by atoms with Gasteiger partial charge in [0.1, 0.15) is 0 Å². The van der Waals surface area contributed by atoms with Gasteiger partial charge in [0.2, 0.25) is 15.9 Å².